The summed E-state index contributed by atoms with van der Waals surface area (Å²) in [5.41, 5.74) is 12.9. The zero-order valence-electron chi connectivity index (χ0n) is 27.3. The van der Waals surface area contributed by atoms with E-state index in [2.05, 4.69) is 33.1 Å². The van der Waals surface area contributed by atoms with E-state index in [4.69, 9.17) is 25.8 Å². The van der Waals surface area contributed by atoms with Gasteiger partial charge in [0.2, 0.25) is 5.88 Å². The first-order valence-corrected chi connectivity index (χ1v) is 16.6. The number of rotatable bonds is 6. The van der Waals surface area contributed by atoms with E-state index in [0.717, 1.165) is 49.3 Å². The van der Waals surface area contributed by atoms with Crippen LogP contribution < -0.4 is 21.1 Å². The highest BCUT2D eigenvalue weighted by atomic mass is 32.1. The predicted octanol–water partition coefficient (Wildman–Crippen LogP) is 3.58. The number of piperidine rings is 1. The molecule has 2 fully saturated rings. The van der Waals surface area contributed by atoms with Gasteiger partial charge in [-0.3, -0.25) is 0 Å². The number of pyridine rings is 1. The third-order valence-electron chi connectivity index (χ3n) is 8.73. The van der Waals surface area contributed by atoms with Gasteiger partial charge in [0.25, 0.3) is 0 Å². The number of amidine groups is 1. The Morgan fingerprint density at radius 3 is 2.50 bits per heavy atom. The monoisotopic (exact) mass is 652 g/mol. The quantitative estimate of drug-likeness (QED) is 0.202. The molecule has 0 spiro atoms. The maximum atomic E-state index is 13.5. The van der Waals surface area contributed by atoms with Gasteiger partial charge in [0.15, 0.2) is 5.84 Å². The number of amides is 1. The smallest absolute Gasteiger partial charge is 0.410 e. The first-order chi connectivity index (χ1) is 21.8. The van der Waals surface area contributed by atoms with Crippen LogP contribution in [0.5, 0.6) is 5.88 Å². The third kappa shape index (κ3) is 7.31. The molecule has 1 amide bonds. The molecule has 46 heavy (non-hydrogen) atoms. The maximum Gasteiger partial charge on any atom is 0.410 e. The van der Waals surface area contributed by atoms with Crippen LogP contribution in [-0.2, 0) is 26.2 Å². The number of thiophene rings is 1. The normalized spacial score (nSPS) is 21.3. The molecule has 1 atom stereocenters. The van der Waals surface area contributed by atoms with Crippen molar-refractivity contribution in [2.75, 3.05) is 56.9 Å². The number of oxime groups is 1. The van der Waals surface area contributed by atoms with Crippen LogP contribution in [-0.4, -0.2) is 90.7 Å². The summed E-state index contributed by atoms with van der Waals surface area (Å²) >= 11 is 1.34. The average molecular weight is 653 g/mol. The van der Waals surface area contributed by atoms with Crippen molar-refractivity contribution in [3.63, 3.8) is 0 Å². The number of carbonyl (C=O) groups excluding carboxylic acids is 2. The van der Waals surface area contributed by atoms with Gasteiger partial charge in [-0.2, -0.15) is 5.26 Å². The second-order valence-electron chi connectivity index (χ2n) is 13.4. The van der Waals surface area contributed by atoms with Crippen LogP contribution in [0.1, 0.15) is 75.1 Å². The van der Waals surface area contributed by atoms with E-state index in [0.29, 0.717) is 60.3 Å². The molecule has 4 heterocycles. The summed E-state index contributed by atoms with van der Waals surface area (Å²) in [6, 6.07) is 5.82. The Bertz CT molecular complexity index is 1530. The van der Waals surface area contributed by atoms with Crippen molar-refractivity contribution in [3.8, 4) is 11.9 Å². The molecule has 248 valence electrons. The number of ether oxygens (including phenoxy) is 2. The number of aryl methyl sites for hydroxylation is 1. The Hall–Kier alpha value is -4.09. The molecule has 1 aliphatic carbocycles. The van der Waals surface area contributed by atoms with Gasteiger partial charge in [-0.1, -0.05) is 5.16 Å². The van der Waals surface area contributed by atoms with Crippen molar-refractivity contribution in [2.24, 2.45) is 10.9 Å². The van der Waals surface area contributed by atoms with E-state index in [1.807, 2.05) is 26.8 Å². The molecule has 0 radical (unpaired) electrons. The first kappa shape index (κ1) is 33.3. The Balaban J connectivity index is 1.36. The molecular weight excluding hydrogens is 608 g/mol. The predicted molar refractivity (Wildman–Crippen MR) is 176 cm³/mol. The molecular formula is C32H44N8O5S. The van der Waals surface area contributed by atoms with Crippen molar-refractivity contribution in [2.45, 2.75) is 76.9 Å². The number of nitrogen functional groups attached to an aromatic ring is 1. The SMILES string of the molecule is CN1CCC(Oc2cc(N3CCN(C(=O)OC(C)(C)C)CC3)cc(/C(N)=N/OC(=O)C3(C)CCCc4sc(N)c(C#N)c43)n2)CC1. The summed E-state index contributed by atoms with van der Waals surface area (Å²) in [5, 5.41) is 14.2. The van der Waals surface area contributed by atoms with E-state index in [1.165, 1.54) is 11.3 Å². The van der Waals surface area contributed by atoms with Crippen LogP contribution in [0, 0.1) is 11.3 Å². The van der Waals surface area contributed by atoms with Crippen LogP contribution in [0.2, 0.25) is 0 Å². The molecule has 1 unspecified atom stereocenters. The fourth-order valence-corrected chi connectivity index (χ4v) is 7.34. The number of likely N-dealkylation sites (tertiary alicyclic amines) is 1. The summed E-state index contributed by atoms with van der Waals surface area (Å²) in [6.07, 6.45) is 3.40. The fourth-order valence-electron chi connectivity index (χ4n) is 6.15. The first-order valence-electron chi connectivity index (χ1n) is 15.7. The number of anilines is 2. The second kappa shape index (κ2) is 13.3. The van der Waals surface area contributed by atoms with Gasteiger partial charge >= 0.3 is 12.1 Å². The molecule has 0 aromatic carbocycles. The molecule has 5 rings (SSSR count). The molecule has 0 saturated carbocycles. The molecule has 0 bridgehead atoms. The Kier molecular flexibility index (Phi) is 9.65. The second-order valence-corrected chi connectivity index (χ2v) is 14.6. The molecule has 2 aromatic rings. The molecule has 3 aliphatic rings. The maximum absolute atomic E-state index is 13.5. The minimum Gasteiger partial charge on any atom is -0.474 e. The van der Waals surface area contributed by atoms with E-state index >= 15 is 0 Å². The molecule has 2 saturated heterocycles. The van der Waals surface area contributed by atoms with Gasteiger partial charge in [0, 0.05) is 61.5 Å². The molecule has 2 aliphatic heterocycles. The van der Waals surface area contributed by atoms with Gasteiger partial charge < -0.3 is 40.5 Å². The van der Waals surface area contributed by atoms with Crippen LogP contribution in [0.25, 0.3) is 0 Å². The van der Waals surface area contributed by atoms with Crippen molar-refractivity contribution >= 4 is 39.9 Å². The third-order valence-corrected chi connectivity index (χ3v) is 9.81. The van der Waals surface area contributed by atoms with Gasteiger partial charge in [-0.25, -0.2) is 14.6 Å². The lowest BCUT2D eigenvalue weighted by molar-refractivity contribution is -0.150. The summed E-state index contributed by atoms with van der Waals surface area (Å²) in [7, 11) is 2.09. The van der Waals surface area contributed by atoms with E-state index in [-0.39, 0.29) is 18.0 Å². The van der Waals surface area contributed by atoms with Crippen molar-refractivity contribution in [1.82, 2.24) is 14.8 Å². The largest absolute Gasteiger partial charge is 0.474 e. The lowest BCUT2D eigenvalue weighted by Gasteiger charge is -2.37. The molecule has 4 N–H and O–H groups in total. The highest BCUT2D eigenvalue weighted by Gasteiger charge is 2.45. The average Bonchev–Trinajstić information content (AvgIpc) is 3.36. The highest BCUT2D eigenvalue weighted by Crippen LogP contribution is 2.46. The van der Waals surface area contributed by atoms with Crippen LogP contribution in [0.4, 0.5) is 15.5 Å². The van der Waals surface area contributed by atoms with Crippen molar-refractivity contribution in [3.05, 3.63) is 33.8 Å². The fraction of sp³-hybridized carbons (Fsp3) is 0.594. The molecule has 2 aromatic heterocycles. The minimum absolute atomic E-state index is 0.000342. The highest BCUT2D eigenvalue weighted by molar-refractivity contribution is 7.16. The summed E-state index contributed by atoms with van der Waals surface area (Å²) in [4.78, 5) is 43.2. The lowest BCUT2D eigenvalue weighted by atomic mass is 9.72. The van der Waals surface area contributed by atoms with Gasteiger partial charge in [-0.15, -0.1) is 11.3 Å². The van der Waals surface area contributed by atoms with Crippen molar-refractivity contribution < 1.29 is 23.9 Å². The molecule has 13 nitrogen and oxygen atoms in total. The zero-order chi connectivity index (χ0) is 33.2. The Morgan fingerprint density at radius 1 is 1.15 bits per heavy atom. The minimum atomic E-state index is -1.08. The number of nitrogens with two attached hydrogens (primary N) is 2. The number of nitrogens with zero attached hydrogens (tertiary/aromatic N) is 6. The number of carbonyl (C=O) groups is 2. The Labute approximate surface area is 274 Å². The summed E-state index contributed by atoms with van der Waals surface area (Å²) in [5.74, 6) is -0.291. The van der Waals surface area contributed by atoms with Gasteiger partial charge in [0.05, 0.1) is 11.0 Å². The van der Waals surface area contributed by atoms with E-state index in [1.54, 1.807) is 17.9 Å². The standard InChI is InChI=1S/C32H44N8O5S/c1-31(2,3)44-30(42)40-15-13-39(14-16-40)20-17-23(36-25(18-20)43-21-8-11-38(5)12-9-21)27(34)37-45-29(41)32(4)10-6-7-24-26(32)22(19-33)28(35)46-24/h17-18,21H,6-16,35H2,1-5H3,(H2,34,37). The number of piperazine rings is 1. The van der Waals surface area contributed by atoms with E-state index < -0.39 is 17.0 Å². The number of fused-ring (bicyclic) bond motifs is 1. The van der Waals surface area contributed by atoms with Crippen LogP contribution in [0.15, 0.2) is 17.3 Å². The van der Waals surface area contributed by atoms with Gasteiger partial charge in [-0.05, 0) is 72.9 Å². The topological polar surface area (TPSA) is 173 Å². The zero-order valence-corrected chi connectivity index (χ0v) is 28.1. The van der Waals surface area contributed by atoms with Gasteiger partial charge in [0.1, 0.15) is 28.5 Å². The summed E-state index contributed by atoms with van der Waals surface area (Å²) < 4.78 is 11.9. The lowest BCUT2D eigenvalue weighted by Crippen LogP contribution is -2.50. The van der Waals surface area contributed by atoms with Crippen molar-refractivity contribution in [1.29, 1.82) is 5.26 Å². The van der Waals surface area contributed by atoms with E-state index in [9.17, 15) is 14.9 Å². The number of aromatic nitrogens is 1. The Morgan fingerprint density at radius 2 is 1.85 bits per heavy atom. The van der Waals surface area contributed by atoms with Crippen LogP contribution >= 0.6 is 11.3 Å². The number of nitriles is 1. The summed E-state index contributed by atoms with van der Waals surface area (Å²) in [6.45, 7) is 11.3. The van der Waals surface area contributed by atoms with Crippen LogP contribution in [0.3, 0.4) is 0 Å². The number of hydrogen-bond acceptors (Lipinski definition) is 12. The molecule has 14 heteroatoms. The number of hydrogen-bond donors (Lipinski definition) is 2.